The molecule has 0 aliphatic carbocycles. The van der Waals surface area contributed by atoms with Gasteiger partial charge in [-0.2, -0.15) is 0 Å². The van der Waals surface area contributed by atoms with Crippen molar-refractivity contribution in [1.82, 2.24) is 9.88 Å². The molecular weight excluding hydrogens is 248 g/mol. The average Bonchev–Trinajstić information content (AvgIpc) is 2.59. The molecule has 0 aliphatic rings. The maximum Gasteiger partial charge on any atom is 0.240 e. The molecule has 18 heavy (non-hydrogen) atoms. The van der Waals surface area contributed by atoms with Crippen LogP contribution in [-0.4, -0.2) is 16.0 Å². The lowest BCUT2D eigenvalue weighted by Crippen LogP contribution is -2.42. The molecule has 3 nitrogen and oxygen atoms in total. The lowest BCUT2D eigenvalue weighted by Gasteiger charge is -2.20. The van der Waals surface area contributed by atoms with Crippen molar-refractivity contribution >= 4 is 28.4 Å². The second-order valence-corrected chi connectivity index (χ2v) is 5.83. The zero-order valence-corrected chi connectivity index (χ0v) is 11.6. The summed E-state index contributed by atoms with van der Waals surface area (Å²) >= 11 is 6.17. The van der Waals surface area contributed by atoms with Gasteiger partial charge in [0.15, 0.2) is 0 Å². The number of carbonyl (C=O) groups is 1. The van der Waals surface area contributed by atoms with Crippen molar-refractivity contribution in [2.45, 2.75) is 32.9 Å². The number of hydrogen-bond acceptors (Lipinski definition) is 1. The molecule has 0 bridgehead atoms. The van der Waals surface area contributed by atoms with Gasteiger partial charge in [-0.15, -0.1) is 0 Å². The van der Waals surface area contributed by atoms with Gasteiger partial charge in [0.2, 0.25) is 5.91 Å². The zero-order valence-electron chi connectivity index (χ0n) is 10.8. The second kappa shape index (κ2) is 4.65. The molecule has 0 saturated heterocycles. The van der Waals surface area contributed by atoms with Crippen molar-refractivity contribution in [3.05, 3.63) is 35.5 Å². The van der Waals surface area contributed by atoms with Crippen LogP contribution in [0.5, 0.6) is 0 Å². The first-order valence-corrected chi connectivity index (χ1v) is 6.29. The van der Waals surface area contributed by atoms with E-state index in [4.69, 9.17) is 11.6 Å². The van der Waals surface area contributed by atoms with Crippen LogP contribution in [-0.2, 0) is 11.3 Å². The Hall–Kier alpha value is -1.48. The minimum atomic E-state index is -0.218. The Kier molecular flexibility index (Phi) is 3.35. The monoisotopic (exact) mass is 264 g/mol. The van der Waals surface area contributed by atoms with Gasteiger partial charge in [-0.1, -0.05) is 23.7 Å². The number of aromatic nitrogens is 1. The number of para-hydroxylation sites is 1. The third-order valence-corrected chi connectivity index (χ3v) is 2.87. The quantitative estimate of drug-likeness (QED) is 0.888. The number of benzene rings is 1. The van der Waals surface area contributed by atoms with Crippen LogP contribution in [0.4, 0.5) is 0 Å². The highest BCUT2D eigenvalue weighted by atomic mass is 35.5. The number of halogens is 1. The van der Waals surface area contributed by atoms with Crippen LogP contribution in [0.2, 0.25) is 5.02 Å². The fourth-order valence-corrected chi connectivity index (χ4v) is 2.25. The first kappa shape index (κ1) is 13.0. The van der Waals surface area contributed by atoms with Crippen LogP contribution >= 0.6 is 11.6 Å². The number of carbonyl (C=O) groups excluding carboxylic acids is 1. The van der Waals surface area contributed by atoms with Gasteiger partial charge in [-0.05, 0) is 32.9 Å². The van der Waals surface area contributed by atoms with E-state index in [0.29, 0.717) is 5.02 Å². The Morgan fingerprint density at radius 1 is 1.33 bits per heavy atom. The number of fused-ring (bicyclic) bond motifs is 1. The summed E-state index contributed by atoms with van der Waals surface area (Å²) in [4.78, 5) is 11.9. The third kappa shape index (κ3) is 2.85. The van der Waals surface area contributed by atoms with Crippen molar-refractivity contribution in [2.24, 2.45) is 0 Å². The molecule has 0 fully saturated rings. The predicted octanol–water partition coefficient (Wildman–Crippen LogP) is 3.21. The third-order valence-electron chi connectivity index (χ3n) is 2.57. The van der Waals surface area contributed by atoms with Crippen molar-refractivity contribution in [2.75, 3.05) is 0 Å². The molecule has 0 saturated carbocycles. The highest BCUT2D eigenvalue weighted by Gasteiger charge is 2.15. The van der Waals surface area contributed by atoms with E-state index in [2.05, 4.69) is 5.32 Å². The van der Waals surface area contributed by atoms with Crippen LogP contribution < -0.4 is 5.32 Å². The average molecular weight is 265 g/mol. The molecule has 0 spiro atoms. The Labute approximate surface area is 112 Å². The highest BCUT2D eigenvalue weighted by molar-refractivity contribution is 6.35. The Balaban J connectivity index is 2.25. The summed E-state index contributed by atoms with van der Waals surface area (Å²) in [6.07, 6.45) is 1.89. The number of nitrogens with one attached hydrogen (secondary N) is 1. The molecule has 1 heterocycles. The number of hydrogen-bond donors (Lipinski definition) is 1. The van der Waals surface area contributed by atoms with Gasteiger partial charge >= 0.3 is 0 Å². The minimum Gasteiger partial charge on any atom is -0.350 e. The van der Waals surface area contributed by atoms with Crippen molar-refractivity contribution in [3.8, 4) is 0 Å². The highest BCUT2D eigenvalue weighted by Crippen LogP contribution is 2.24. The van der Waals surface area contributed by atoms with E-state index in [9.17, 15) is 4.79 Å². The maximum absolute atomic E-state index is 11.9. The molecule has 1 amide bonds. The fraction of sp³-hybridized carbons (Fsp3) is 0.357. The van der Waals surface area contributed by atoms with Gasteiger partial charge in [0.25, 0.3) is 0 Å². The topological polar surface area (TPSA) is 34.0 Å². The number of nitrogens with zero attached hydrogens (tertiary/aromatic N) is 1. The van der Waals surface area contributed by atoms with Gasteiger partial charge in [-0.25, -0.2) is 0 Å². The molecule has 2 rings (SSSR count). The first-order valence-electron chi connectivity index (χ1n) is 5.91. The molecule has 0 unspecified atom stereocenters. The van der Waals surface area contributed by atoms with E-state index < -0.39 is 0 Å². The predicted molar refractivity (Wildman–Crippen MR) is 74.8 cm³/mol. The van der Waals surface area contributed by atoms with Crippen LogP contribution in [0.15, 0.2) is 30.5 Å². The molecule has 0 aliphatic heterocycles. The summed E-state index contributed by atoms with van der Waals surface area (Å²) in [5.74, 6) is -0.0140. The Morgan fingerprint density at radius 2 is 2.06 bits per heavy atom. The second-order valence-electron chi connectivity index (χ2n) is 5.42. The normalized spacial score (nSPS) is 11.8. The smallest absolute Gasteiger partial charge is 0.240 e. The van der Waals surface area contributed by atoms with Gasteiger partial charge in [0.05, 0.1) is 10.5 Å². The maximum atomic E-state index is 11.9. The fourth-order valence-electron chi connectivity index (χ4n) is 1.96. The molecule has 4 heteroatoms. The van der Waals surface area contributed by atoms with Crippen molar-refractivity contribution < 1.29 is 4.79 Å². The Bertz CT molecular complexity index is 581. The van der Waals surface area contributed by atoms with Gasteiger partial charge in [0.1, 0.15) is 6.54 Å². The van der Waals surface area contributed by atoms with E-state index in [1.807, 2.05) is 55.8 Å². The molecule has 0 atom stereocenters. The minimum absolute atomic E-state index is 0.0140. The van der Waals surface area contributed by atoms with E-state index in [1.165, 1.54) is 0 Å². The summed E-state index contributed by atoms with van der Waals surface area (Å²) in [6, 6.07) is 7.69. The summed E-state index contributed by atoms with van der Waals surface area (Å²) < 4.78 is 1.87. The molecule has 1 N–H and O–H groups in total. The van der Waals surface area contributed by atoms with Crippen LogP contribution in [0.3, 0.4) is 0 Å². The van der Waals surface area contributed by atoms with Crippen LogP contribution in [0, 0.1) is 0 Å². The molecule has 0 radical (unpaired) electrons. The molecular formula is C14H17ClN2O. The Morgan fingerprint density at radius 3 is 2.72 bits per heavy atom. The van der Waals surface area contributed by atoms with Gasteiger partial charge in [0, 0.05) is 17.1 Å². The molecule has 2 aromatic rings. The molecule has 1 aromatic carbocycles. The summed E-state index contributed by atoms with van der Waals surface area (Å²) in [5.41, 5.74) is 0.687. The van der Waals surface area contributed by atoms with E-state index in [0.717, 1.165) is 10.9 Å². The molecule has 1 aromatic heterocycles. The summed E-state index contributed by atoms with van der Waals surface area (Å²) in [6.45, 7) is 6.17. The number of rotatable bonds is 2. The largest absolute Gasteiger partial charge is 0.350 e. The lowest BCUT2D eigenvalue weighted by atomic mass is 10.1. The zero-order chi connectivity index (χ0) is 13.3. The van der Waals surface area contributed by atoms with Crippen LogP contribution in [0.1, 0.15) is 20.8 Å². The lowest BCUT2D eigenvalue weighted by molar-refractivity contribution is -0.123. The standard InChI is InChI=1S/C14H17ClN2O/c1-14(2,3)16-12(18)9-17-8-7-10-5-4-6-11(15)13(10)17/h4-8H,9H2,1-3H3,(H,16,18). The van der Waals surface area contributed by atoms with E-state index in [-0.39, 0.29) is 18.0 Å². The van der Waals surface area contributed by atoms with Gasteiger partial charge < -0.3 is 9.88 Å². The van der Waals surface area contributed by atoms with E-state index >= 15 is 0 Å². The first-order chi connectivity index (χ1) is 8.37. The number of amides is 1. The van der Waals surface area contributed by atoms with Crippen molar-refractivity contribution in [1.29, 1.82) is 0 Å². The van der Waals surface area contributed by atoms with E-state index in [1.54, 1.807) is 0 Å². The summed E-state index contributed by atoms with van der Waals surface area (Å²) in [7, 11) is 0. The summed E-state index contributed by atoms with van der Waals surface area (Å²) in [5, 5.41) is 4.65. The van der Waals surface area contributed by atoms with Crippen molar-refractivity contribution in [3.63, 3.8) is 0 Å². The van der Waals surface area contributed by atoms with Crippen LogP contribution in [0.25, 0.3) is 10.9 Å². The SMILES string of the molecule is CC(C)(C)NC(=O)Cn1ccc2cccc(Cl)c21. The van der Waals surface area contributed by atoms with Gasteiger partial charge in [-0.3, -0.25) is 4.79 Å². The molecule has 96 valence electrons.